The van der Waals surface area contributed by atoms with E-state index in [0.717, 1.165) is 35.6 Å². The number of nitrogens with one attached hydrogen (secondary N) is 1. The van der Waals surface area contributed by atoms with Crippen LogP contribution in [0.3, 0.4) is 0 Å². The summed E-state index contributed by atoms with van der Waals surface area (Å²) in [6.45, 7) is 2.33. The molecule has 1 heteroatoms. The number of hydrogen-bond donors (Lipinski definition) is 1. The average molecular weight is 374 g/mol. The molecule has 0 aromatic rings. The van der Waals surface area contributed by atoms with Crippen LogP contribution in [0.1, 0.15) is 110 Å². The summed E-state index contributed by atoms with van der Waals surface area (Å²) >= 11 is 0. The average Bonchev–Trinajstić information content (AvgIpc) is 2.74. The van der Waals surface area contributed by atoms with Crippen molar-refractivity contribution in [2.45, 2.75) is 116 Å². The molecule has 0 bridgehead atoms. The molecule has 0 heterocycles. The summed E-state index contributed by atoms with van der Waals surface area (Å²) in [5, 5.41) is 3.46. The lowest BCUT2D eigenvalue weighted by Crippen LogP contribution is -2.29. The van der Waals surface area contributed by atoms with Crippen molar-refractivity contribution in [1.29, 1.82) is 0 Å². The molecule has 0 amide bonds. The van der Waals surface area contributed by atoms with Crippen LogP contribution in [-0.4, -0.2) is 13.1 Å². The molecule has 0 saturated heterocycles. The van der Waals surface area contributed by atoms with E-state index in [4.69, 9.17) is 0 Å². The Bertz CT molecular complexity index is 404. The fourth-order valence-electron chi connectivity index (χ4n) is 6.35. The standard InChI is InChI=1S/C26H47N/c1-3-4-5-6-21-9-15-24(16-10-21)25-17-11-22(12-18-25)7-8-23-13-19-26(27-2)20-14-23/h7-8,21-27H,3-6,9-20H2,1-2H3/b8-7+. The Hall–Kier alpha value is -0.300. The van der Waals surface area contributed by atoms with Gasteiger partial charge in [-0.15, -0.1) is 0 Å². The highest BCUT2D eigenvalue weighted by Crippen LogP contribution is 2.42. The van der Waals surface area contributed by atoms with Gasteiger partial charge in [-0.25, -0.2) is 0 Å². The summed E-state index contributed by atoms with van der Waals surface area (Å²) in [7, 11) is 2.12. The molecule has 0 atom stereocenters. The zero-order chi connectivity index (χ0) is 18.9. The van der Waals surface area contributed by atoms with E-state index < -0.39 is 0 Å². The van der Waals surface area contributed by atoms with Gasteiger partial charge in [0.05, 0.1) is 0 Å². The molecule has 27 heavy (non-hydrogen) atoms. The van der Waals surface area contributed by atoms with E-state index in [2.05, 4.69) is 31.4 Å². The lowest BCUT2D eigenvalue weighted by molar-refractivity contribution is 0.151. The molecule has 1 N–H and O–H groups in total. The first-order chi connectivity index (χ1) is 13.3. The van der Waals surface area contributed by atoms with Crippen molar-refractivity contribution < 1.29 is 0 Å². The molecule has 0 unspecified atom stereocenters. The van der Waals surface area contributed by atoms with Gasteiger partial charge in [-0.2, -0.15) is 0 Å². The Balaban J connectivity index is 1.31. The van der Waals surface area contributed by atoms with Crippen LogP contribution in [0.15, 0.2) is 12.2 Å². The van der Waals surface area contributed by atoms with Crippen LogP contribution in [0.25, 0.3) is 0 Å². The lowest BCUT2D eigenvalue weighted by Gasteiger charge is -2.37. The number of unbranched alkanes of at least 4 members (excludes halogenated alkanes) is 2. The second-order valence-electron chi connectivity index (χ2n) is 10.2. The molecule has 3 fully saturated rings. The van der Waals surface area contributed by atoms with Gasteiger partial charge in [0.1, 0.15) is 0 Å². The molecule has 0 spiro atoms. The third-order valence-electron chi connectivity index (χ3n) is 8.43. The van der Waals surface area contributed by atoms with Crippen molar-refractivity contribution in [2.24, 2.45) is 29.6 Å². The SMILES string of the molecule is CCCCCC1CCC(C2CCC(/C=C/C3CCC(NC)CC3)CC2)CC1. The van der Waals surface area contributed by atoms with Gasteiger partial charge in [-0.1, -0.05) is 57.6 Å². The molecule has 3 rings (SSSR count). The summed E-state index contributed by atoms with van der Waals surface area (Å²) in [6, 6.07) is 0.784. The molecule has 1 nitrogen and oxygen atoms in total. The summed E-state index contributed by atoms with van der Waals surface area (Å²) in [4.78, 5) is 0. The van der Waals surface area contributed by atoms with Gasteiger partial charge in [0.15, 0.2) is 0 Å². The summed E-state index contributed by atoms with van der Waals surface area (Å²) < 4.78 is 0. The molecule has 3 aliphatic rings. The van der Waals surface area contributed by atoms with Gasteiger partial charge in [0, 0.05) is 6.04 Å². The Morgan fingerprint density at radius 1 is 0.667 bits per heavy atom. The van der Waals surface area contributed by atoms with Crippen molar-refractivity contribution in [3.63, 3.8) is 0 Å². The van der Waals surface area contributed by atoms with Crippen molar-refractivity contribution in [3.8, 4) is 0 Å². The maximum absolute atomic E-state index is 3.46. The summed E-state index contributed by atoms with van der Waals surface area (Å²) in [5.74, 6) is 4.99. The Morgan fingerprint density at radius 2 is 1.19 bits per heavy atom. The lowest BCUT2D eigenvalue weighted by atomic mass is 9.68. The first kappa shape index (κ1) is 21.4. The monoisotopic (exact) mass is 373 g/mol. The summed E-state index contributed by atoms with van der Waals surface area (Å²) in [5.41, 5.74) is 0. The number of hydrogen-bond acceptors (Lipinski definition) is 1. The van der Waals surface area contributed by atoms with Crippen molar-refractivity contribution in [3.05, 3.63) is 12.2 Å². The number of rotatable bonds is 8. The van der Waals surface area contributed by atoms with Gasteiger partial charge in [-0.05, 0) is 101 Å². The smallest absolute Gasteiger partial charge is 0.00644 e. The van der Waals surface area contributed by atoms with E-state index in [0.29, 0.717) is 0 Å². The van der Waals surface area contributed by atoms with E-state index in [-0.39, 0.29) is 0 Å². The van der Waals surface area contributed by atoms with Crippen LogP contribution in [0.4, 0.5) is 0 Å². The fraction of sp³-hybridized carbons (Fsp3) is 0.923. The van der Waals surface area contributed by atoms with Crippen molar-refractivity contribution in [2.75, 3.05) is 7.05 Å². The second kappa shape index (κ2) is 11.6. The molecular weight excluding hydrogens is 326 g/mol. The van der Waals surface area contributed by atoms with E-state index in [1.807, 2.05) is 0 Å². The van der Waals surface area contributed by atoms with Crippen LogP contribution in [0.2, 0.25) is 0 Å². The van der Waals surface area contributed by atoms with Gasteiger partial charge >= 0.3 is 0 Å². The van der Waals surface area contributed by atoms with Crippen molar-refractivity contribution in [1.82, 2.24) is 5.32 Å². The highest BCUT2D eigenvalue weighted by molar-refractivity contribution is 4.97. The van der Waals surface area contributed by atoms with Gasteiger partial charge in [0.2, 0.25) is 0 Å². The van der Waals surface area contributed by atoms with E-state index >= 15 is 0 Å². The van der Waals surface area contributed by atoms with Crippen LogP contribution >= 0.6 is 0 Å². The normalized spacial score (nSPS) is 38.3. The van der Waals surface area contributed by atoms with E-state index in [9.17, 15) is 0 Å². The molecule has 3 saturated carbocycles. The van der Waals surface area contributed by atoms with Crippen molar-refractivity contribution >= 4 is 0 Å². The molecular formula is C26H47N. The maximum atomic E-state index is 3.46. The minimum Gasteiger partial charge on any atom is -0.317 e. The van der Waals surface area contributed by atoms with Gasteiger partial charge < -0.3 is 5.32 Å². The van der Waals surface area contributed by atoms with Crippen LogP contribution < -0.4 is 5.32 Å². The van der Waals surface area contributed by atoms with Crippen LogP contribution in [-0.2, 0) is 0 Å². The molecule has 3 aliphatic carbocycles. The quantitative estimate of drug-likeness (QED) is 0.343. The van der Waals surface area contributed by atoms with Crippen LogP contribution in [0, 0.1) is 29.6 Å². The Kier molecular flexibility index (Phi) is 9.23. The topological polar surface area (TPSA) is 12.0 Å². The highest BCUT2D eigenvalue weighted by Gasteiger charge is 2.30. The highest BCUT2D eigenvalue weighted by atomic mass is 14.9. The third kappa shape index (κ3) is 6.91. The van der Waals surface area contributed by atoms with Gasteiger partial charge in [-0.3, -0.25) is 0 Å². The van der Waals surface area contributed by atoms with Crippen LogP contribution in [0.5, 0.6) is 0 Å². The minimum absolute atomic E-state index is 0.784. The zero-order valence-corrected chi connectivity index (χ0v) is 18.4. The maximum Gasteiger partial charge on any atom is 0.00644 e. The number of allylic oxidation sites excluding steroid dienone is 2. The largest absolute Gasteiger partial charge is 0.317 e. The first-order valence-corrected chi connectivity index (χ1v) is 12.6. The predicted molar refractivity (Wildman–Crippen MR) is 119 cm³/mol. The minimum atomic E-state index is 0.784. The van der Waals surface area contributed by atoms with E-state index in [1.165, 1.54) is 77.0 Å². The third-order valence-corrected chi connectivity index (χ3v) is 8.43. The van der Waals surface area contributed by atoms with E-state index in [1.54, 1.807) is 25.7 Å². The summed E-state index contributed by atoms with van der Waals surface area (Å²) in [6.07, 6.45) is 28.8. The molecule has 156 valence electrons. The zero-order valence-electron chi connectivity index (χ0n) is 18.4. The van der Waals surface area contributed by atoms with Gasteiger partial charge in [0.25, 0.3) is 0 Å². The molecule has 0 radical (unpaired) electrons. The molecule has 0 aliphatic heterocycles. The second-order valence-corrected chi connectivity index (χ2v) is 10.2. The Morgan fingerprint density at radius 3 is 1.70 bits per heavy atom. The Labute approximate surface area is 170 Å². The molecule has 0 aromatic carbocycles. The fourth-order valence-corrected chi connectivity index (χ4v) is 6.35. The predicted octanol–water partition coefficient (Wildman–Crippen LogP) is 7.51. The molecule has 0 aromatic heterocycles. The first-order valence-electron chi connectivity index (χ1n) is 12.6.